The topological polar surface area (TPSA) is 54.2 Å². The maximum Gasteiger partial charge on any atom is 0.240 e. The molecule has 2 aliphatic rings. The zero-order chi connectivity index (χ0) is 11.7. The average molecular weight is 236 g/mol. The van der Waals surface area contributed by atoms with Crippen molar-refractivity contribution in [2.75, 3.05) is 26.2 Å². The van der Waals surface area contributed by atoms with Gasteiger partial charge in [-0.3, -0.25) is 4.90 Å². The van der Waals surface area contributed by atoms with Gasteiger partial charge in [-0.1, -0.05) is 12.1 Å². The number of hydrogen-bond donors (Lipinski definition) is 1. The third-order valence-corrected chi connectivity index (χ3v) is 3.72. The molecule has 0 amide bonds. The second kappa shape index (κ2) is 4.74. The smallest absolute Gasteiger partial charge is 0.240 e. The Morgan fingerprint density at radius 1 is 1.41 bits per heavy atom. The lowest BCUT2D eigenvalue weighted by atomic mass is 10.3. The van der Waals surface area contributed by atoms with Crippen LogP contribution in [0, 0.1) is 5.92 Å². The molecule has 1 N–H and O–H groups in total. The molecule has 17 heavy (non-hydrogen) atoms. The van der Waals surface area contributed by atoms with Gasteiger partial charge in [0.1, 0.15) is 0 Å². The SMILES string of the molecule is CC1CC1c1noc(CN2CCCNCC2)n1. The summed E-state index contributed by atoms with van der Waals surface area (Å²) < 4.78 is 5.33. The van der Waals surface area contributed by atoms with Gasteiger partial charge in [-0.15, -0.1) is 0 Å². The molecule has 0 aromatic carbocycles. The molecule has 3 rings (SSSR count). The van der Waals surface area contributed by atoms with Gasteiger partial charge in [0.2, 0.25) is 5.89 Å². The fourth-order valence-corrected chi connectivity index (χ4v) is 2.42. The van der Waals surface area contributed by atoms with E-state index < -0.39 is 0 Å². The first-order valence-corrected chi connectivity index (χ1v) is 6.58. The lowest BCUT2D eigenvalue weighted by Crippen LogP contribution is -2.27. The number of nitrogens with one attached hydrogen (secondary N) is 1. The molecular weight excluding hydrogens is 216 g/mol. The molecule has 0 bridgehead atoms. The highest BCUT2D eigenvalue weighted by Gasteiger charge is 2.38. The molecule has 1 aromatic heterocycles. The largest absolute Gasteiger partial charge is 0.338 e. The van der Waals surface area contributed by atoms with Crippen LogP contribution < -0.4 is 5.32 Å². The first-order valence-electron chi connectivity index (χ1n) is 6.58. The third kappa shape index (κ3) is 2.66. The summed E-state index contributed by atoms with van der Waals surface area (Å²) in [6.07, 6.45) is 2.41. The quantitative estimate of drug-likeness (QED) is 0.848. The van der Waals surface area contributed by atoms with Crippen LogP contribution in [0.2, 0.25) is 0 Å². The molecule has 5 heteroatoms. The van der Waals surface area contributed by atoms with Crippen LogP contribution in [0.1, 0.15) is 37.4 Å². The molecule has 2 atom stereocenters. The Morgan fingerprint density at radius 2 is 2.29 bits per heavy atom. The van der Waals surface area contributed by atoms with E-state index in [9.17, 15) is 0 Å². The maximum absolute atomic E-state index is 5.33. The minimum atomic E-state index is 0.554. The van der Waals surface area contributed by atoms with Crippen LogP contribution in [-0.2, 0) is 6.54 Å². The normalized spacial score (nSPS) is 30.2. The predicted octanol–water partition coefficient (Wildman–Crippen LogP) is 0.988. The summed E-state index contributed by atoms with van der Waals surface area (Å²) >= 11 is 0. The summed E-state index contributed by atoms with van der Waals surface area (Å²) in [5, 5.41) is 7.48. The van der Waals surface area contributed by atoms with E-state index in [1.54, 1.807) is 0 Å². The molecular formula is C12H20N4O. The standard InChI is InChI=1S/C12H20N4O/c1-9-7-10(9)12-14-11(17-15-12)8-16-5-2-3-13-4-6-16/h9-10,13H,2-8H2,1H3. The van der Waals surface area contributed by atoms with Crippen molar-refractivity contribution < 1.29 is 4.52 Å². The number of nitrogens with zero attached hydrogens (tertiary/aromatic N) is 3. The fraction of sp³-hybridized carbons (Fsp3) is 0.833. The monoisotopic (exact) mass is 236 g/mol. The van der Waals surface area contributed by atoms with E-state index in [1.165, 1.54) is 12.8 Å². The van der Waals surface area contributed by atoms with Gasteiger partial charge in [0.15, 0.2) is 5.82 Å². The summed E-state index contributed by atoms with van der Waals surface area (Å²) in [5.41, 5.74) is 0. The summed E-state index contributed by atoms with van der Waals surface area (Å²) in [4.78, 5) is 6.89. The molecule has 1 aliphatic heterocycles. The van der Waals surface area contributed by atoms with Crippen LogP contribution in [0.4, 0.5) is 0 Å². The summed E-state index contributed by atoms with van der Waals surface area (Å²) in [6, 6.07) is 0. The molecule has 1 aromatic rings. The van der Waals surface area contributed by atoms with Crippen molar-refractivity contribution in [2.24, 2.45) is 5.92 Å². The van der Waals surface area contributed by atoms with Crippen molar-refractivity contribution in [3.8, 4) is 0 Å². The molecule has 1 saturated heterocycles. The third-order valence-electron chi connectivity index (χ3n) is 3.72. The van der Waals surface area contributed by atoms with E-state index in [0.717, 1.165) is 50.4 Å². The first-order chi connectivity index (χ1) is 8.33. The molecule has 94 valence electrons. The number of hydrogen-bond acceptors (Lipinski definition) is 5. The van der Waals surface area contributed by atoms with Gasteiger partial charge in [0.25, 0.3) is 0 Å². The lowest BCUT2D eigenvalue weighted by molar-refractivity contribution is 0.238. The molecule has 1 aliphatic carbocycles. The predicted molar refractivity (Wildman–Crippen MR) is 63.6 cm³/mol. The average Bonchev–Trinajstić information content (AvgIpc) is 2.96. The molecule has 1 saturated carbocycles. The van der Waals surface area contributed by atoms with Crippen molar-refractivity contribution in [1.82, 2.24) is 20.4 Å². The second-order valence-electron chi connectivity index (χ2n) is 5.25. The Morgan fingerprint density at radius 3 is 3.12 bits per heavy atom. The molecule has 2 heterocycles. The highest BCUT2D eigenvalue weighted by atomic mass is 16.5. The van der Waals surface area contributed by atoms with Crippen molar-refractivity contribution in [2.45, 2.75) is 32.2 Å². The van der Waals surface area contributed by atoms with E-state index in [-0.39, 0.29) is 0 Å². The minimum Gasteiger partial charge on any atom is -0.338 e. The number of rotatable bonds is 3. The molecule has 5 nitrogen and oxygen atoms in total. The van der Waals surface area contributed by atoms with Crippen LogP contribution in [0.25, 0.3) is 0 Å². The van der Waals surface area contributed by atoms with Gasteiger partial charge in [-0.2, -0.15) is 4.98 Å². The Bertz CT molecular complexity index is 370. The summed E-state index contributed by atoms with van der Waals surface area (Å²) in [5.74, 6) is 2.99. The summed E-state index contributed by atoms with van der Waals surface area (Å²) in [6.45, 7) is 7.39. The lowest BCUT2D eigenvalue weighted by Gasteiger charge is -2.16. The van der Waals surface area contributed by atoms with Crippen LogP contribution >= 0.6 is 0 Å². The van der Waals surface area contributed by atoms with E-state index in [0.29, 0.717) is 5.92 Å². The minimum absolute atomic E-state index is 0.554. The Hall–Kier alpha value is -0.940. The van der Waals surface area contributed by atoms with Crippen LogP contribution in [-0.4, -0.2) is 41.2 Å². The van der Waals surface area contributed by atoms with Gasteiger partial charge in [-0.25, -0.2) is 0 Å². The van der Waals surface area contributed by atoms with E-state index in [2.05, 4.69) is 27.3 Å². The van der Waals surface area contributed by atoms with Crippen LogP contribution in [0.3, 0.4) is 0 Å². The van der Waals surface area contributed by atoms with Gasteiger partial charge < -0.3 is 9.84 Å². The number of aromatic nitrogens is 2. The zero-order valence-electron chi connectivity index (χ0n) is 10.4. The van der Waals surface area contributed by atoms with Crippen LogP contribution in [0.15, 0.2) is 4.52 Å². The Kier molecular flexibility index (Phi) is 3.11. The molecule has 2 unspecified atom stereocenters. The molecule has 0 radical (unpaired) electrons. The van der Waals surface area contributed by atoms with Crippen LogP contribution in [0.5, 0.6) is 0 Å². The second-order valence-corrected chi connectivity index (χ2v) is 5.25. The zero-order valence-corrected chi connectivity index (χ0v) is 10.4. The van der Waals surface area contributed by atoms with E-state index >= 15 is 0 Å². The van der Waals surface area contributed by atoms with Gasteiger partial charge in [-0.05, 0) is 31.8 Å². The Labute approximate surface area is 102 Å². The van der Waals surface area contributed by atoms with Crippen molar-refractivity contribution >= 4 is 0 Å². The maximum atomic E-state index is 5.33. The van der Waals surface area contributed by atoms with E-state index in [4.69, 9.17) is 4.52 Å². The van der Waals surface area contributed by atoms with Crippen molar-refractivity contribution in [3.05, 3.63) is 11.7 Å². The van der Waals surface area contributed by atoms with Gasteiger partial charge in [0, 0.05) is 19.0 Å². The van der Waals surface area contributed by atoms with Gasteiger partial charge >= 0.3 is 0 Å². The van der Waals surface area contributed by atoms with E-state index in [1.807, 2.05) is 0 Å². The molecule has 0 spiro atoms. The molecule has 2 fully saturated rings. The summed E-state index contributed by atoms with van der Waals surface area (Å²) in [7, 11) is 0. The highest BCUT2D eigenvalue weighted by molar-refractivity contribution is 5.07. The fourth-order valence-electron chi connectivity index (χ4n) is 2.42. The van der Waals surface area contributed by atoms with Crippen molar-refractivity contribution in [1.29, 1.82) is 0 Å². The Balaban J connectivity index is 1.58. The highest BCUT2D eigenvalue weighted by Crippen LogP contribution is 2.45. The first kappa shape index (κ1) is 11.2. The van der Waals surface area contributed by atoms with Gasteiger partial charge in [0.05, 0.1) is 6.54 Å². The van der Waals surface area contributed by atoms with Crippen molar-refractivity contribution in [3.63, 3.8) is 0 Å².